The summed E-state index contributed by atoms with van der Waals surface area (Å²) in [5, 5.41) is 14.9. The van der Waals surface area contributed by atoms with Gasteiger partial charge in [0.1, 0.15) is 0 Å². The van der Waals surface area contributed by atoms with E-state index in [2.05, 4.69) is 21.6 Å². The molecule has 1 amide bonds. The predicted octanol–water partition coefficient (Wildman–Crippen LogP) is 1.43. The summed E-state index contributed by atoms with van der Waals surface area (Å²) >= 11 is 0. The molecule has 0 aliphatic carbocycles. The molecule has 5 nitrogen and oxygen atoms in total. The molecule has 2 N–H and O–H groups in total. The van der Waals surface area contributed by atoms with Gasteiger partial charge in [0.15, 0.2) is 0 Å². The first-order valence-corrected chi connectivity index (χ1v) is 7.38. The van der Waals surface area contributed by atoms with Gasteiger partial charge in [-0.05, 0) is 57.1 Å². The van der Waals surface area contributed by atoms with Crippen molar-refractivity contribution in [3.8, 4) is 6.07 Å². The molecule has 0 spiro atoms. The highest BCUT2D eigenvalue weighted by atomic mass is 16.2. The zero-order chi connectivity index (χ0) is 15.1. The van der Waals surface area contributed by atoms with Crippen LogP contribution in [0, 0.1) is 17.2 Å². The van der Waals surface area contributed by atoms with Crippen LogP contribution >= 0.6 is 0 Å². The van der Waals surface area contributed by atoms with E-state index in [1.165, 1.54) is 6.42 Å². The molecule has 21 heavy (non-hydrogen) atoms. The predicted molar refractivity (Wildman–Crippen MR) is 82.9 cm³/mol. The summed E-state index contributed by atoms with van der Waals surface area (Å²) in [5.41, 5.74) is 1.24. The molecule has 1 atom stereocenters. The lowest BCUT2D eigenvalue weighted by Crippen LogP contribution is -2.42. The number of carbonyl (C=O) groups excluding carboxylic acids is 1. The van der Waals surface area contributed by atoms with E-state index in [0.29, 0.717) is 23.7 Å². The molecule has 1 aliphatic rings. The Bertz CT molecular complexity index is 521. The fourth-order valence-electron chi connectivity index (χ4n) is 2.82. The van der Waals surface area contributed by atoms with Crippen molar-refractivity contribution >= 4 is 11.6 Å². The first-order chi connectivity index (χ1) is 10.2. The summed E-state index contributed by atoms with van der Waals surface area (Å²) in [6.07, 6.45) is 2.37. The monoisotopic (exact) mass is 286 g/mol. The minimum atomic E-state index is -0.0183. The first-order valence-electron chi connectivity index (χ1n) is 7.38. The van der Waals surface area contributed by atoms with E-state index in [0.717, 1.165) is 26.1 Å². The molecule has 1 saturated heterocycles. The van der Waals surface area contributed by atoms with Gasteiger partial charge in [-0.3, -0.25) is 9.69 Å². The van der Waals surface area contributed by atoms with Gasteiger partial charge in [0.2, 0.25) is 5.91 Å². The fraction of sp³-hybridized carbons (Fsp3) is 0.500. The maximum Gasteiger partial charge on any atom is 0.238 e. The van der Waals surface area contributed by atoms with Gasteiger partial charge in [0, 0.05) is 12.2 Å². The normalized spacial score (nSPS) is 19.0. The molecule has 1 aromatic carbocycles. The largest absolute Gasteiger partial charge is 0.325 e. The molecule has 5 heteroatoms. The number of carbonyl (C=O) groups is 1. The van der Waals surface area contributed by atoms with E-state index >= 15 is 0 Å². The Balaban J connectivity index is 1.85. The average Bonchev–Trinajstić information content (AvgIpc) is 2.48. The minimum absolute atomic E-state index is 0.0183. The smallest absolute Gasteiger partial charge is 0.238 e. The Morgan fingerprint density at radius 1 is 1.52 bits per heavy atom. The summed E-state index contributed by atoms with van der Waals surface area (Å²) in [4.78, 5) is 14.3. The van der Waals surface area contributed by atoms with Crippen molar-refractivity contribution in [3.05, 3.63) is 29.8 Å². The second-order valence-corrected chi connectivity index (χ2v) is 5.54. The number of hydrogen-bond acceptors (Lipinski definition) is 4. The lowest BCUT2D eigenvalue weighted by molar-refractivity contribution is -0.117. The molecule has 0 aromatic heterocycles. The van der Waals surface area contributed by atoms with Crippen LogP contribution < -0.4 is 10.6 Å². The second kappa shape index (κ2) is 7.77. The third-order valence-electron chi connectivity index (χ3n) is 3.74. The third kappa shape index (κ3) is 4.85. The molecule has 1 unspecified atom stereocenters. The maximum absolute atomic E-state index is 12.1. The number of hydrogen-bond donors (Lipinski definition) is 2. The van der Waals surface area contributed by atoms with Gasteiger partial charge in [-0.15, -0.1) is 0 Å². The quantitative estimate of drug-likeness (QED) is 0.859. The molecule has 112 valence electrons. The molecule has 1 aromatic rings. The van der Waals surface area contributed by atoms with Crippen LogP contribution in [0.15, 0.2) is 24.3 Å². The van der Waals surface area contributed by atoms with Gasteiger partial charge in [-0.25, -0.2) is 0 Å². The zero-order valence-electron chi connectivity index (χ0n) is 12.4. The number of piperidine rings is 1. The molecule has 1 aliphatic heterocycles. The fourth-order valence-corrected chi connectivity index (χ4v) is 2.82. The van der Waals surface area contributed by atoms with Crippen molar-refractivity contribution in [1.82, 2.24) is 10.2 Å². The van der Waals surface area contributed by atoms with Crippen molar-refractivity contribution in [1.29, 1.82) is 5.26 Å². The van der Waals surface area contributed by atoms with Crippen molar-refractivity contribution in [2.24, 2.45) is 5.92 Å². The Morgan fingerprint density at radius 3 is 3.14 bits per heavy atom. The molecular weight excluding hydrogens is 264 g/mol. The highest BCUT2D eigenvalue weighted by molar-refractivity contribution is 5.92. The molecule has 0 radical (unpaired) electrons. The van der Waals surface area contributed by atoms with Crippen LogP contribution in [0.1, 0.15) is 18.4 Å². The number of anilines is 1. The van der Waals surface area contributed by atoms with Gasteiger partial charge in [0.25, 0.3) is 0 Å². The average molecular weight is 286 g/mol. The standard InChI is InChI=1S/C16H22N4O/c1-18-10-14-5-3-7-20(11-14)12-16(21)19-15-6-2-4-13(8-15)9-17/h2,4,6,8,14,18H,3,5,7,10-12H2,1H3,(H,19,21). The van der Waals surface area contributed by atoms with Crippen LogP contribution in [0.4, 0.5) is 5.69 Å². The van der Waals surface area contributed by atoms with E-state index in [4.69, 9.17) is 5.26 Å². The summed E-state index contributed by atoms with van der Waals surface area (Å²) in [6.45, 7) is 3.36. The topological polar surface area (TPSA) is 68.2 Å². The van der Waals surface area contributed by atoms with Gasteiger partial charge < -0.3 is 10.6 Å². The van der Waals surface area contributed by atoms with E-state index in [1.807, 2.05) is 7.05 Å². The van der Waals surface area contributed by atoms with E-state index in [1.54, 1.807) is 24.3 Å². The van der Waals surface area contributed by atoms with Crippen LogP contribution in [0.25, 0.3) is 0 Å². The van der Waals surface area contributed by atoms with Crippen LogP contribution in [0.5, 0.6) is 0 Å². The lowest BCUT2D eigenvalue weighted by Gasteiger charge is -2.32. The van der Waals surface area contributed by atoms with Gasteiger partial charge in [0.05, 0.1) is 18.2 Å². The number of rotatable bonds is 5. The first kappa shape index (κ1) is 15.5. The summed E-state index contributed by atoms with van der Waals surface area (Å²) in [5.74, 6) is 0.605. The third-order valence-corrected chi connectivity index (χ3v) is 3.74. The van der Waals surface area contributed by atoms with Crippen molar-refractivity contribution < 1.29 is 4.79 Å². The Hall–Kier alpha value is -1.90. The SMILES string of the molecule is CNCC1CCCN(CC(=O)Nc2cccc(C#N)c2)C1. The molecule has 0 bridgehead atoms. The number of amides is 1. The molecule has 0 saturated carbocycles. The summed E-state index contributed by atoms with van der Waals surface area (Å²) < 4.78 is 0. The lowest BCUT2D eigenvalue weighted by atomic mass is 9.98. The molecule has 2 rings (SSSR count). The summed E-state index contributed by atoms with van der Waals surface area (Å²) in [7, 11) is 1.97. The molecule has 1 fully saturated rings. The number of likely N-dealkylation sites (tertiary alicyclic amines) is 1. The van der Waals surface area contributed by atoms with E-state index in [-0.39, 0.29) is 5.91 Å². The van der Waals surface area contributed by atoms with Gasteiger partial charge in [-0.1, -0.05) is 6.07 Å². The van der Waals surface area contributed by atoms with Crippen LogP contribution in [0.2, 0.25) is 0 Å². The van der Waals surface area contributed by atoms with E-state index < -0.39 is 0 Å². The second-order valence-electron chi connectivity index (χ2n) is 5.54. The highest BCUT2D eigenvalue weighted by Gasteiger charge is 2.21. The highest BCUT2D eigenvalue weighted by Crippen LogP contribution is 2.16. The number of nitrogens with zero attached hydrogens (tertiary/aromatic N) is 2. The van der Waals surface area contributed by atoms with Crippen molar-refractivity contribution in [2.75, 3.05) is 38.5 Å². The van der Waals surface area contributed by atoms with Gasteiger partial charge in [-0.2, -0.15) is 5.26 Å². The van der Waals surface area contributed by atoms with Crippen LogP contribution in [-0.2, 0) is 4.79 Å². The number of nitriles is 1. The van der Waals surface area contributed by atoms with Crippen LogP contribution in [0.3, 0.4) is 0 Å². The number of nitrogens with one attached hydrogen (secondary N) is 2. The van der Waals surface area contributed by atoms with Crippen LogP contribution in [-0.4, -0.2) is 44.0 Å². The van der Waals surface area contributed by atoms with E-state index in [9.17, 15) is 4.79 Å². The Labute approximate surface area is 125 Å². The summed E-state index contributed by atoms with van der Waals surface area (Å²) in [6, 6.07) is 9.07. The van der Waals surface area contributed by atoms with Crippen molar-refractivity contribution in [3.63, 3.8) is 0 Å². The Kier molecular flexibility index (Phi) is 5.73. The minimum Gasteiger partial charge on any atom is -0.325 e. The maximum atomic E-state index is 12.1. The zero-order valence-corrected chi connectivity index (χ0v) is 12.4. The number of benzene rings is 1. The Morgan fingerprint density at radius 2 is 2.38 bits per heavy atom. The van der Waals surface area contributed by atoms with Crippen molar-refractivity contribution in [2.45, 2.75) is 12.8 Å². The molecular formula is C16H22N4O. The van der Waals surface area contributed by atoms with Gasteiger partial charge >= 0.3 is 0 Å². The molecule has 1 heterocycles.